The third kappa shape index (κ3) is 3.66. The molecular weight excluding hydrogens is 286 g/mol. The standard InChI is InChI=1S/C20H25NO2/c1-15-10-12-17(13-11-15)21-18(7-3-5-9-20(22)23)14-16-6-2-4-8-19(16)21/h10-14H,2-9H2,1H3,(H,22,23). The Labute approximate surface area is 138 Å². The van der Waals surface area contributed by atoms with Gasteiger partial charge >= 0.3 is 5.97 Å². The van der Waals surface area contributed by atoms with E-state index < -0.39 is 5.97 Å². The van der Waals surface area contributed by atoms with Gasteiger partial charge in [-0.1, -0.05) is 17.7 Å². The molecule has 0 radical (unpaired) electrons. The minimum atomic E-state index is -0.696. The second-order valence-electron chi connectivity index (χ2n) is 6.59. The fourth-order valence-corrected chi connectivity index (χ4v) is 3.54. The lowest BCUT2D eigenvalue weighted by Crippen LogP contribution is -2.09. The lowest BCUT2D eigenvalue weighted by Gasteiger charge is -2.17. The first kappa shape index (κ1) is 15.9. The van der Waals surface area contributed by atoms with Crippen molar-refractivity contribution in [3.8, 4) is 5.69 Å². The van der Waals surface area contributed by atoms with Crippen molar-refractivity contribution >= 4 is 5.97 Å². The van der Waals surface area contributed by atoms with Crippen LogP contribution in [0.25, 0.3) is 5.69 Å². The number of carboxylic acids is 1. The van der Waals surface area contributed by atoms with E-state index >= 15 is 0 Å². The fourth-order valence-electron chi connectivity index (χ4n) is 3.54. The summed E-state index contributed by atoms with van der Waals surface area (Å²) < 4.78 is 2.43. The van der Waals surface area contributed by atoms with Gasteiger partial charge in [-0.3, -0.25) is 4.79 Å². The van der Waals surface area contributed by atoms with Crippen LogP contribution in [-0.4, -0.2) is 15.6 Å². The zero-order valence-corrected chi connectivity index (χ0v) is 13.8. The molecule has 0 unspecified atom stereocenters. The molecule has 2 aromatic rings. The maximum absolute atomic E-state index is 10.7. The Balaban J connectivity index is 1.87. The van der Waals surface area contributed by atoms with Gasteiger partial charge in [-0.15, -0.1) is 0 Å². The number of benzene rings is 1. The van der Waals surface area contributed by atoms with Gasteiger partial charge in [-0.25, -0.2) is 0 Å². The highest BCUT2D eigenvalue weighted by molar-refractivity contribution is 5.66. The number of carbonyl (C=O) groups is 1. The summed E-state index contributed by atoms with van der Waals surface area (Å²) in [5, 5.41) is 8.80. The third-order valence-corrected chi connectivity index (χ3v) is 4.74. The lowest BCUT2D eigenvalue weighted by molar-refractivity contribution is -0.137. The van der Waals surface area contributed by atoms with Crippen LogP contribution in [0.3, 0.4) is 0 Å². The van der Waals surface area contributed by atoms with Gasteiger partial charge in [0.25, 0.3) is 0 Å². The van der Waals surface area contributed by atoms with E-state index in [1.165, 1.54) is 47.5 Å². The lowest BCUT2D eigenvalue weighted by atomic mass is 9.98. The van der Waals surface area contributed by atoms with Crippen molar-refractivity contribution in [2.75, 3.05) is 0 Å². The van der Waals surface area contributed by atoms with E-state index in [0.717, 1.165) is 25.7 Å². The number of nitrogens with zero attached hydrogens (tertiary/aromatic N) is 1. The highest BCUT2D eigenvalue weighted by Crippen LogP contribution is 2.29. The minimum absolute atomic E-state index is 0.269. The minimum Gasteiger partial charge on any atom is -0.481 e. The molecule has 0 spiro atoms. The van der Waals surface area contributed by atoms with Gasteiger partial charge < -0.3 is 9.67 Å². The van der Waals surface area contributed by atoms with Crippen LogP contribution in [0, 0.1) is 6.92 Å². The summed E-state index contributed by atoms with van der Waals surface area (Å²) in [6.45, 7) is 2.11. The van der Waals surface area contributed by atoms with Gasteiger partial charge in [0.05, 0.1) is 0 Å². The van der Waals surface area contributed by atoms with E-state index in [4.69, 9.17) is 5.11 Å². The summed E-state index contributed by atoms with van der Waals surface area (Å²) in [5.74, 6) is -0.696. The maximum atomic E-state index is 10.7. The van der Waals surface area contributed by atoms with Crippen LogP contribution in [0.2, 0.25) is 0 Å². The molecule has 3 nitrogen and oxygen atoms in total. The molecule has 1 N–H and O–H groups in total. The van der Waals surface area contributed by atoms with E-state index in [2.05, 4.69) is 41.8 Å². The molecule has 0 atom stereocenters. The second kappa shape index (κ2) is 7.03. The van der Waals surface area contributed by atoms with E-state index in [-0.39, 0.29) is 6.42 Å². The molecule has 0 amide bonds. The summed E-state index contributed by atoms with van der Waals surface area (Å²) in [5.41, 5.74) is 6.81. The summed E-state index contributed by atoms with van der Waals surface area (Å²) in [7, 11) is 0. The van der Waals surface area contributed by atoms with Gasteiger partial charge in [-0.2, -0.15) is 0 Å². The summed E-state index contributed by atoms with van der Waals surface area (Å²) in [4.78, 5) is 10.7. The van der Waals surface area contributed by atoms with Crippen LogP contribution in [0.1, 0.15) is 54.6 Å². The molecule has 0 saturated heterocycles. The Kier molecular flexibility index (Phi) is 4.85. The summed E-state index contributed by atoms with van der Waals surface area (Å²) >= 11 is 0. The fraction of sp³-hybridized carbons (Fsp3) is 0.450. The number of hydrogen-bond donors (Lipinski definition) is 1. The van der Waals surface area contributed by atoms with Crippen molar-refractivity contribution in [3.05, 3.63) is 52.8 Å². The normalized spacial score (nSPS) is 13.8. The molecule has 1 aromatic carbocycles. The zero-order valence-electron chi connectivity index (χ0n) is 13.8. The Morgan fingerprint density at radius 1 is 1.13 bits per heavy atom. The van der Waals surface area contributed by atoms with Crippen LogP contribution >= 0.6 is 0 Å². The van der Waals surface area contributed by atoms with Gasteiger partial charge in [0.15, 0.2) is 0 Å². The molecule has 0 bridgehead atoms. The van der Waals surface area contributed by atoms with Crippen molar-refractivity contribution in [2.45, 2.75) is 58.3 Å². The van der Waals surface area contributed by atoms with Crippen LogP contribution in [0.5, 0.6) is 0 Å². The Bertz CT molecular complexity index is 682. The van der Waals surface area contributed by atoms with Crippen LogP contribution in [0.15, 0.2) is 30.3 Å². The Hall–Kier alpha value is -2.03. The molecule has 0 saturated carbocycles. The first-order chi connectivity index (χ1) is 11.1. The molecular formula is C20H25NO2. The number of aliphatic carboxylic acids is 1. The topological polar surface area (TPSA) is 42.2 Å². The molecule has 0 aliphatic heterocycles. The largest absolute Gasteiger partial charge is 0.481 e. The zero-order chi connectivity index (χ0) is 16.2. The Morgan fingerprint density at radius 3 is 2.61 bits per heavy atom. The van der Waals surface area contributed by atoms with E-state index in [1.54, 1.807) is 0 Å². The number of hydrogen-bond acceptors (Lipinski definition) is 1. The highest BCUT2D eigenvalue weighted by Gasteiger charge is 2.19. The molecule has 0 fully saturated rings. The average molecular weight is 311 g/mol. The average Bonchev–Trinajstić information content (AvgIpc) is 2.90. The summed E-state index contributed by atoms with van der Waals surface area (Å²) in [6.07, 6.45) is 7.78. The Morgan fingerprint density at radius 2 is 1.87 bits per heavy atom. The maximum Gasteiger partial charge on any atom is 0.303 e. The number of carboxylic acid groups (broad SMARTS) is 1. The molecule has 23 heavy (non-hydrogen) atoms. The number of fused-ring (bicyclic) bond motifs is 1. The molecule has 3 rings (SSSR count). The SMILES string of the molecule is Cc1ccc(-n2c(CCCCC(=O)O)cc3c2CCCC3)cc1. The third-order valence-electron chi connectivity index (χ3n) is 4.74. The van der Waals surface area contributed by atoms with E-state index in [9.17, 15) is 4.79 Å². The number of rotatable bonds is 6. The monoisotopic (exact) mass is 311 g/mol. The number of aryl methyl sites for hydroxylation is 3. The predicted molar refractivity (Wildman–Crippen MR) is 92.3 cm³/mol. The molecule has 3 heteroatoms. The molecule has 1 heterocycles. The highest BCUT2D eigenvalue weighted by atomic mass is 16.4. The summed E-state index contributed by atoms with van der Waals surface area (Å²) in [6, 6.07) is 11.1. The second-order valence-corrected chi connectivity index (χ2v) is 6.59. The first-order valence-corrected chi connectivity index (χ1v) is 8.66. The van der Waals surface area contributed by atoms with Crippen molar-refractivity contribution < 1.29 is 9.90 Å². The quantitative estimate of drug-likeness (QED) is 0.800. The van der Waals surface area contributed by atoms with E-state index in [1.807, 2.05) is 0 Å². The van der Waals surface area contributed by atoms with E-state index in [0.29, 0.717) is 0 Å². The van der Waals surface area contributed by atoms with Gasteiger partial charge in [0.2, 0.25) is 0 Å². The molecule has 122 valence electrons. The first-order valence-electron chi connectivity index (χ1n) is 8.66. The molecule has 1 aliphatic carbocycles. The molecule has 1 aromatic heterocycles. The van der Waals surface area contributed by atoms with Crippen LogP contribution in [0.4, 0.5) is 0 Å². The molecule has 1 aliphatic rings. The predicted octanol–water partition coefficient (Wildman–Crippen LogP) is 4.46. The smallest absolute Gasteiger partial charge is 0.303 e. The van der Waals surface area contributed by atoms with Crippen molar-refractivity contribution in [1.82, 2.24) is 4.57 Å². The van der Waals surface area contributed by atoms with Crippen LogP contribution < -0.4 is 0 Å². The van der Waals surface area contributed by atoms with Crippen LogP contribution in [-0.2, 0) is 24.1 Å². The van der Waals surface area contributed by atoms with Crippen molar-refractivity contribution in [2.24, 2.45) is 0 Å². The van der Waals surface area contributed by atoms with Gasteiger partial charge in [0, 0.05) is 23.5 Å². The van der Waals surface area contributed by atoms with Gasteiger partial charge in [0.1, 0.15) is 0 Å². The number of unbranched alkanes of at least 4 members (excludes halogenated alkanes) is 1. The van der Waals surface area contributed by atoms with Crippen molar-refractivity contribution in [3.63, 3.8) is 0 Å². The number of aromatic nitrogens is 1. The van der Waals surface area contributed by atoms with Gasteiger partial charge in [-0.05, 0) is 75.6 Å². The van der Waals surface area contributed by atoms with Crippen molar-refractivity contribution in [1.29, 1.82) is 0 Å².